The Morgan fingerprint density at radius 1 is 1.58 bits per heavy atom. The minimum atomic E-state index is 0.248. The van der Waals surface area contributed by atoms with Crippen LogP contribution in [0.15, 0.2) is 12.4 Å². The summed E-state index contributed by atoms with van der Waals surface area (Å²) in [6.07, 6.45) is 5.29. The van der Waals surface area contributed by atoms with E-state index in [1.807, 2.05) is 10.9 Å². The number of nitrogens with zero attached hydrogens (tertiary/aromatic N) is 2. The predicted molar refractivity (Wildman–Crippen MR) is 45.1 cm³/mol. The predicted octanol–water partition coefficient (Wildman–Crippen LogP) is 0.664. The zero-order chi connectivity index (χ0) is 8.81. The van der Waals surface area contributed by atoms with Gasteiger partial charge < -0.3 is 9.84 Å². The molecule has 0 aliphatic heterocycles. The Bertz CT molecular complexity index is 223. The molecule has 1 aromatic heterocycles. The molecule has 0 fully saturated rings. The third kappa shape index (κ3) is 2.54. The summed E-state index contributed by atoms with van der Waals surface area (Å²) in [7, 11) is 1.62. The first kappa shape index (κ1) is 9.06. The summed E-state index contributed by atoms with van der Waals surface area (Å²) < 4.78 is 6.78. The Balaban J connectivity index is 2.31. The summed E-state index contributed by atoms with van der Waals surface area (Å²) in [6.45, 7) is 1.09. The fraction of sp³-hybridized carbons (Fsp3) is 0.625. The molecule has 0 atom stereocenters. The molecule has 0 saturated heterocycles. The van der Waals surface area contributed by atoms with Crippen molar-refractivity contribution in [1.82, 2.24) is 9.78 Å². The summed E-state index contributed by atoms with van der Waals surface area (Å²) in [5, 5.41) is 12.6. The number of aliphatic hydroxyl groups excluding tert-OH is 1. The first-order valence-electron chi connectivity index (χ1n) is 4.04. The van der Waals surface area contributed by atoms with E-state index >= 15 is 0 Å². The highest BCUT2D eigenvalue weighted by Gasteiger charge is 1.96. The van der Waals surface area contributed by atoms with Crippen LogP contribution in [0.5, 0.6) is 5.75 Å². The van der Waals surface area contributed by atoms with E-state index in [-0.39, 0.29) is 6.61 Å². The van der Waals surface area contributed by atoms with Crippen LogP contribution in [0.25, 0.3) is 0 Å². The summed E-state index contributed by atoms with van der Waals surface area (Å²) in [6, 6.07) is 0. The van der Waals surface area contributed by atoms with Gasteiger partial charge in [0.1, 0.15) is 0 Å². The maximum atomic E-state index is 8.54. The molecule has 0 aliphatic carbocycles. The molecule has 0 radical (unpaired) electrons. The zero-order valence-corrected chi connectivity index (χ0v) is 7.23. The van der Waals surface area contributed by atoms with Gasteiger partial charge in [0.25, 0.3) is 0 Å². The molecule has 68 valence electrons. The number of hydrogen-bond acceptors (Lipinski definition) is 3. The average molecular weight is 170 g/mol. The maximum Gasteiger partial charge on any atom is 0.156 e. The molecule has 12 heavy (non-hydrogen) atoms. The lowest BCUT2D eigenvalue weighted by Crippen LogP contribution is -1.98. The Kier molecular flexibility index (Phi) is 3.60. The smallest absolute Gasteiger partial charge is 0.156 e. The van der Waals surface area contributed by atoms with E-state index in [1.165, 1.54) is 0 Å². The van der Waals surface area contributed by atoms with E-state index in [0.29, 0.717) is 0 Å². The van der Waals surface area contributed by atoms with Crippen LogP contribution in [0.2, 0.25) is 0 Å². The lowest BCUT2D eigenvalue weighted by atomic mass is 10.3. The zero-order valence-electron chi connectivity index (χ0n) is 7.23. The van der Waals surface area contributed by atoms with Crippen LogP contribution < -0.4 is 4.74 Å². The molecular weight excluding hydrogens is 156 g/mol. The van der Waals surface area contributed by atoms with Gasteiger partial charge in [-0.2, -0.15) is 5.10 Å². The Labute approximate surface area is 71.8 Å². The molecule has 4 heteroatoms. The first-order valence-corrected chi connectivity index (χ1v) is 4.04. The van der Waals surface area contributed by atoms with Crippen LogP contribution in [0.4, 0.5) is 0 Å². The minimum absolute atomic E-state index is 0.248. The van der Waals surface area contributed by atoms with Gasteiger partial charge in [-0.05, 0) is 12.8 Å². The van der Waals surface area contributed by atoms with Crippen molar-refractivity contribution in [2.24, 2.45) is 0 Å². The molecule has 0 aliphatic rings. The lowest BCUT2D eigenvalue weighted by Gasteiger charge is -1.98. The van der Waals surface area contributed by atoms with Crippen LogP contribution in [0.1, 0.15) is 12.8 Å². The molecule has 1 rings (SSSR count). The normalized spacial score (nSPS) is 10.2. The molecule has 1 N–H and O–H groups in total. The standard InChI is InChI=1S/C8H14N2O2/c1-12-8-6-9-10(7-8)4-2-3-5-11/h6-7,11H,2-5H2,1H3. The van der Waals surface area contributed by atoms with E-state index in [9.17, 15) is 0 Å². The minimum Gasteiger partial charge on any atom is -0.493 e. The first-order chi connectivity index (χ1) is 5.86. The van der Waals surface area contributed by atoms with Crippen molar-refractivity contribution < 1.29 is 9.84 Å². The highest BCUT2D eigenvalue weighted by molar-refractivity contribution is 5.10. The van der Waals surface area contributed by atoms with E-state index < -0.39 is 0 Å². The molecule has 1 heterocycles. The number of aromatic nitrogens is 2. The van der Waals surface area contributed by atoms with Gasteiger partial charge in [0, 0.05) is 13.2 Å². The van der Waals surface area contributed by atoms with Crippen molar-refractivity contribution in [3.63, 3.8) is 0 Å². The van der Waals surface area contributed by atoms with E-state index in [1.54, 1.807) is 13.3 Å². The molecule has 0 spiro atoms. The molecular formula is C8H14N2O2. The molecule has 0 aromatic carbocycles. The van der Waals surface area contributed by atoms with Gasteiger partial charge >= 0.3 is 0 Å². The van der Waals surface area contributed by atoms with Crippen molar-refractivity contribution in [2.75, 3.05) is 13.7 Å². The third-order valence-electron chi connectivity index (χ3n) is 1.64. The Hall–Kier alpha value is -1.03. The van der Waals surface area contributed by atoms with Crippen molar-refractivity contribution in [2.45, 2.75) is 19.4 Å². The van der Waals surface area contributed by atoms with Gasteiger partial charge in [0.05, 0.1) is 19.5 Å². The number of aliphatic hydroxyl groups is 1. The number of methoxy groups -OCH3 is 1. The fourth-order valence-corrected chi connectivity index (χ4v) is 0.958. The molecule has 1 aromatic rings. The van der Waals surface area contributed by atoms with Gasteiger partial charge in [0.2, 0.25) is 0 Å². The van der Waals surface area contributed by atoms with Gasteiger partial charge in [-0.15, -0.1) is 0 Å². The monoisotopic (exact) mass is 170 g/mol. The average Bonchev–Trinajstić information content (AvgIpc) is 2.53. The maximum absolute atomic E-state index is 8.54. The molecule has 0 unspecified atom stereocenters. The van der Waals surface area contributed by atoms with Crippen LogP contribution in [0, 0.1) is 0 Å². The summed E-state index contributed by atoms with van der Waals surface area (Å²) in [5.41, 5.74) is 0. The van der Waals surface area contributed by atoms with E-state index in [0.717, 1.165) is 25.1 Å². The molecule has 0 amide bonds. The largest absolute Gasteiger partial charge is 0.493 e. The molecule has 0 saturated carbocycles. The Morgan fingerprint density at radius 2 is 2.42 bits per heavy atom. The number of hydrogen-bond donors (Lipinski definition) is 1. The van der Waals surface area contributed by atoms with Gasteiger partial charge in [-0.3, -0.25) is 4.68 Å². The SMILES string of the molecule is COc1cnn(CCCCO)c1. The lowest BCUT2D eigenvalue weighted by molar-refractivity contribution is 0.280. The number of ether oxygens (including phenoxy) is 1. The highest BCUT2D eigenvalue weighted by Crippen LogP contribution is 2.07. The molecule has 0 bridgehead atoms. The van der Waals surface area contributed by atoms with Crippen molar-refractivity contribution >= 4 is 0 Å². The second-order valence-electron chi connectivity index (χ2n) is 2.57. The topological polar surface area (TPSA) is 47.3 Å². The van der Waals surface area contributed by atoms with Crippen LogP contribution in [0.3, 0.4) is 0 Å². The van der Waals surface area contributed by atoms with Gasteiger partial charge in [-0.1, -0.05) is 0 Å². The Morgan fingerprint density at radius 3 is 3.00 bits per heavy atom. The highest BCUT2D eigenvalue weighted by atomic mass is 16.5. The summed E-state index contributed by atoms with van der Waals surface area (Å²) in [5.74, 6) is 0.777. The summed E-state index contributed by atoms with van der Waals surface area (Å²) in [4.78, 5) is 0. The van der Waals surface area contributed by atoms with E-state index in [2.05, 4.69) is 5.10 Å². The van der Waals surface area contributed by atoms with Crippen molar-refractivity contribution in [3.05, 3.63) is 12.4 Å². The second kappa shape index (κ2) is 4.77. The quantitative estimate of drug-likeness (QED) is 0.660. The molecule has 4 nitrogen and oxygen atoms in total. The van der Waals surface area contributed by atoms with Crippen LogP contribution in [-0.4, -0.2) is 28.6 Å². The fourth-order valence-electron chi connectivity index (χ4n) is 0.958. The van der Waals surface area contributed by atoms with Crippen molar-refractivity contribution in [3.8, 4) is 5.75 Å². The van der Waals surface area contributed by atoms with Gasteiger partial charge in [0.15, 0.2) is 5.75 Å². The van der Waals surface area contributed by atoms with E-state index in [4.69, 9.17) is 9.84 Å². The number of unbranched alkanes of at least 4 members (excludes halogenated alkanes) is 1. The van der Waals surface area contributed by atoms with Crippen molar-refractivity contribution in [1.29, 1.82) is 0 Å². The second-order valence-corrected chi connectivity index (χ2v) is 2.57. The number of aryl methyl sites for hydroxylation is 1. The third-order valence-corrected chi connectivity index (χ3v) is 1.64. The summed E-state index contributed by atoms with van der Waals surface area (Å²) >= 11 is 0. The number of rotatable bonds is 5. The van der Waals surface area contributed by atoms with Crippen LogP contribution in [-0.2, 0) is 6.54 Å². The van der Waals surface area contributed by atoms with Crippen LogP contribution >= 0.6 is 0 Å². The van der Waals surface area contributed by atoms with Gasteiger partial charge in [-0.25, -0.2) is 0 Å².